The fraction of sp³-hybridized carbons (Fsp3) is 0.542. The van der Waals surface area contributed by atoms with Crippen molar-refractivity contribution in [2.24, 2.45) is 5.73 Å². The minimum Gasteiger partial charge on any atom is -0.371 e. The molecule has 3 heteroatoms. The summed E-state index contributed by atoms with van der Waals surface area (Å²) in [6.07, 6.45) is 6.57. The molecule has 3 nitrogen and oxygen atoms in total. The van der Waals surface area contributed by atoms with E-state index in [0.29, 0.717) is 6.04 Å². The first-order valence-electron chi connectivity index (χ1n) is 10.4. The molecule has 144 valence electrons. The fourth-order valence-electron chi connectivity index (χ4n) is 4.68. The summed E-state index contributed by atoms with van der Waals surface area (Å²) in [6, 6.07) is 11.7. The summed E-state index contributed by atoms with van der Waals surface area (Å²) in [6.45, 7) is 11.6. The number of hydrogen-bond acceptors (Lipinski definition) is 3. The van der Waals surface area contributed by atoms with Crippen LogP contribution in [0.4, 0.5) is 5.69 Å². The van der Waals surface area contributed by atoms with Gasteiger partial charge in [0.25, 0.3) is 0 Å². The normalized spacial score (nSPS) is 21.7. The highest BCUT2D eigenvalue weighted by atomic mass is 15.1. The molecule has 2 aliphatic rings. The van der Waals surface area contributed by atoms with Crippen LogP contribution in [0.5, 0.6) is 0 Å². The average Bonchev–Trinajstić information content (AvgIpc) is 2.66. The number of pyridine rings is 1. The Morgan fingerprint density at radius 3 is 2.30 bits per heavy atom. The van der Waals surface area contributed by atoms with E-state index >= 15 is 0 Å². The molecule has 0 bridgehead atoms. The molecule has 4 rings (SSSR count). The van der Waals surface area contributed by atoms with E-state index in [1.807, 2.05) is 6.20 Å². The van der Waals surface area contributed by atoms with Crippen LogP contribution in [0, 0.1) is 0 Å². The van der Waals surface area contributed by atoms with Gasteiger partial charge in [0.2, 0.25) is 0 Å². The van der Waals surface area contributed by atoms with Crippen molar-refractivity contribution in [3.63, 3.8) is 0 Å². The number of nitrogens with zero attached hydrogens (tertiary/aromatic N) is 2. The first-order valence-corrected chi connectivity index (χ1v) is 10.4. The molecule has 2 aromatic rings. The van der Waals surface area contributed by atoms with Crippen molar-refractivity contribution in [1.29, 1.82) is 0 Å². The lowest BCUT2D eigenvalue weighted by molar-refractivity contribution is 0.332. The summed E-state index contributed by atoms with van der Waals surface area (Å²) in [5, 5.41) is 0. The predicted molar refractivity (Wildman–Crippen MR) is 114 cm³/mol. The van der Waals surface area contributed by atoms with E-state index in [0.717, 1.165) is 31.6 Å². The third-order valence-corrected chi connectivity index (χ3v) is 6.80. The van der Waals surface area contributed by atoms with Gasteiger partial charge in [-0.2, -0.15) is 0 Å². The summed E-state index contributed by atoms with van der Waals surface area (Å²) in [7, 11) is 0. The van der Waals surface area contributed by atoms with Gasteiger partial charge in [-0.05, 0) is 65.8 Å². The second kappa shape index (κ2) is 6.63. The molecule has 1 aromatic carbocycles. The van der Waals surface area contributed by atoms with Crippen LogP contribution in [-0.4, -0.2) is 24.1 Å². The molecule has 0 unspecified atom stereocenters. The highest BCUT2D eigenvalue weighted by Gasteiger charge is 2.37. The Kier molecular flexibility index (Phi) is 4.54. The summed E-state index contributed by atoms with van der Waals surface area (Å²) in [5.74, 6) is 0. The van der Waals surface area contributed by atoms with Crippen molar-refractivity contribution in [1.82, 2.24) is 4.98 Å². The van der Waals surface area contributed by atoms with E-state index in [1.165, 1.54) is 35.2 Å². The third kappa shape index (κ3) is 3.50. The molecule has 1 aliphatic heterocycles. The van der Waals surface area contributed by atoms with Crippen LogP contribution in [0.2, 0.25) is 0 Å². The molecule has 2 heterocycles. The molecule has 1 aromatic heterocycles. The number of anilines is 1. The summed E-state index contributed by atoms with van der Waals surface area (Å²) >= 11 is 0. The second-order valence-electron chi connectivity index (χ2n) is 9.75. The topological polar surface area (TPSA) is 42.1 Å². The highest BCUT2D eigenvalue weighted by molar-refractivity contribution is 5.67. The van der Waals surface area contributed by atoms with E-state index in [2.05, 4.69) is 62.9 Å². The smallest absolute Gasteiger partial charge is 0.0722 e. The summed E-state index contributed by atoms with van der Waals surface area (Å²) in [5.41, 5.74) is 13.1. The number of fused-ring (bicyclic) bond motifs is 1. The minimum absolute atomic E-state index is 0.224. The van der Waals surface area contributed by atoms with Gasteiger partial charge in [0.1, 0.15) is 0 Å². The summed E-state index contributed by atoms with van der Waals surface area (Å²) in [4.78, 5) is 7.15. The lowest BCUT2D eigenvalue weighted by Gasteiger charge is -2.42. The van der Waals surface area contributed by atoms with Gasteiger partial charge in [-0.25, -0.2) is 0 Å². The zero-order chi connectivity index (χ0) is 19.2. The van der Waals surface area contributed by atoms with Gasteiger partial charge < -0.3 is 10.6 Å². The molecule has 1 aliphatic carbocycles. The maximum atomic E-state index is 6.07. The Balaban J connectivity index is 1.70. The molecule has 0 radical (unpaired) electrons. The molecule has 1 saturated heterocycles. The molecule has 0 spiro atoms. The second-order valence-corrected chi connectivity index (χ2v) is 9.75. The van der Waals surface area contributed by atoms with Crippen molar-refractivity contribution in [3.8, 4) is 11.3 Å². The van der Waals surface area contributed by atoms with Crippen LogP contribution in [-0.2, 0) is 10.8 Å². The van der Waals surface area contributed by atoms with Gasteiger partial charge in [-0.3, -0.25) is 4.98 Å². The summed E-state index contributed by atoms with van der Waals surface area (Å²) < 4.78 is 0. The van der Waals surface area contributed by atoms with Crippen LogP contribution < -0.4 is 10.6 Å². The maximum Gasteiger partial charge on any atom is 0.0722 e. The molecule has 27 heavy (non-hydrogen) atoms. The van der Waals surface area contributed by atoms with Crippen LogP contribution >= 0.6 is 0 Å². The van der Waals surface area contributed by atoms with Crippen molar-refractivity contribution >= 4 is 5.69 Å². The number of benzene rings is 1. The number of piperidine rings is 1. The standard InChI is InChI=1S/C24H33N3/c1-23(2)10-11-24(3,4)21-15-17(5-6-20(21)23)22-16-19(7-12-26-22)27-13-8-18(25)9-14-27/h5-7,12,15-16,18H,8-11,13-14,25H2,1-4H3. The van der Waals surface area contributed by atoms with Crippen molar-refractivity contribution in [2.75, 3.05) is 18.0 Å². The number of rotatable bonds is 2. The fourth-order valence-corrected chi connectivity index (χ4v) is 4.68. The highest BCUT2D eigenvalue weighted by Crippen LogP contribution is 2.46. The number of nitrogens with two attached hydrogens (primary N) is 1. The quantitative estimate of drug-likeness (QED) is 0.814. The lowest BCUT2D eigenvalue weighted by Crippen LogP contribution is -2.39. The Hall–Kier alpha value is -1.87. The largest absolute Gasteiger partial charge is 0.371 e. The van der Waals surface area contributed by atoms with Crippen molar-refractivity contribution in [3.05, 3.63) is 47.7 Å². The van der Waals surface area contributed by atoms with E-state index in [1.54, 1.807) is 0 Å². The first kappa shape index (κ1) is 18.5. The maximum absolute atomic E-state index is 6.07. The number of aromatic nitrogens is 1. The van der Waals surface area contributed by atoms with Gasteiger partial charge in [-0.15, -0.1) is 0 Å². The monoisotopic (exact) mass is 363 g/mol. The Bertz CT molecular complexity index is 829. The lowest BCUT2D eigenvalue weighted by atomic mass is 9.63. The molecule has 1 fully saturated rings. The Morgan fingerprint density at radius 1 is 0.926 bits per heavy atom. The molecule has 0 atom stereocenters. The molecular weight excluding hydrogens is 330 g/mol. The van der Waals surface area contributed by atoms with Crippen LogP contribution in [0.1, 0.15) is 64.5 Å². The van der Waals surface area contributed by atoms with Gasteiger partial charge >= 0.3 is 0 Å². The Labute approximate surface area is 164 Å². The zero-order valence-corrected chi connectivity index (χ0v) is 17.3. The van der Waals surface area contributed by atoms with Crippen LogP contribution in [0.3, 0.4) is 0 Å². The Morgan fingerprint density at radius 2 is 1.59 bits per heavy atom. The van der Waals surface area contributed by atoms with Crippen molar-refractivity contribution in [2.45, 2.75) is 70.3 Å². The van der Waals surface area contributed by atoms with E-state index in [9.17, 15) is 0 Å². The van der Waals surface area contributed by atoms with Gasteiger partial charge in [-0.1, -0.05) is 39.8 Å². The van der Waals surface area contributed by atoms with E-state index in [4.69, 9.17) is 10.7 Å². The first-order chi connectivity index (χ1) is 12.8. The molecule has 2 N–H and O–H groups in total. The third-order valence-electron chi connectivity index (χ3n) is 6.80. The molecule has 0 saturated carbocycles. The van der Waals surface area contributed by atoms with Crippen molar-refractivity contribution < 1.29 is 0 Å². The van der Waals surface area contributed by atoms with Gasteiger partial charge in [0.05, 0.1) is 5.69 Å². The van der Waals surface area contributed by atoms with Crippen LogP contribution in [0.15, 0.2) is 36.5 Å². The average molecular weight is 364 g/mol. The van der Waals surface area contributed by atoms with E-state index < -0.39 is 0 Å². The van der Waals surface area contributed by atoms with Crippen LogP contribution in [0.25, 0.3) is 11.3 Å². The molecule has 0 amide bonds. The van der Waals surface area contributed by atoms with Gasteiger partial charge in [0, 0.05) is 36.6 Å². The zero-order valence-electron chi connectivity index (χ0n) is 17.3. The number of hydrogen-bond donors (Lipinski definition) is 1. The van der Waals surface area contributed by atoms with Gasteiger partial charge in [0.15, 0.2) is 0 Å². The SMILES string of the molecule is CC1(C)CCC(C)(C)c2cc(-c3cc(N4CCC(N)CC4)ccn3)ccc21. The van der Waals surface area contributed by atoms with E-state index in [-0.39, 0.29) is 10.8 Å². The minimum atomic E-state index is 0.224. The predicted octanol–water partition coefficient (Wildman–Crippen LogP) is 5.03. The molecular formula is C24H33N3.